The van der Waals surface area contributed by atoms with E-state index in [4.69, 9.17) is 5.73 Å². The summed E-state index contributed by atoms with van der Waals surface area (Å²) in [5.74, 6) is 0. The summed E-state index contributed by atoms with van der Waals surface area (Å²) in [4.78, 5) is 11.7. The number of rotatable bonds is 4. The molecule has 0 radical (unpaired) electrons. The number of urea groups is 1. The summed E-state index contributed by atoms with van der Waals surface area (Å²) >= 11 is 0. The Hall–Kier alpha value is -1.55. The van der Waals surface area contributed by atoms with E-state index in [1.807, 2.05) is 45.0 Å². The average molecular weight is 235 g/mol. The Balaban J connectivity index is 2.62. The number of carbonyl (C=O) groups is 1. The predicted molar refractivity (Wildman–Crippen MR) is 70.9 cm³/mol. The molecule has 1 aromatic carbocycles. The van der Waals surface area contributed by atoms with Crippen molar-refractivity contribution in [3.63, 3.8) is 0 Å². The Kier molecular flexibility index (Phi) is 4.52. The standard InChI is InChI=1S/C13H21N3O/c1-4-13(2,3)16-12(17)15-11-7-5-6-10(8-11)9-14/h5-8H,4,9,14H2,1-3H3,(H2,15,16,17). The summed E-state index contributed by atoms with van der Waals surface area (Å²) in [5, 5.41) is 5.71. The van der Waals surface area contributed by atoms with Crippen molar-refractivity contribution in [1.82, 2.24) is 5.32 Å². The minimum absolute atomic E-state index is 0.189. The van der Waals surface area contributed by atoms with Gasteiger partial charge in [0.05, 0.1) is 0 Å². The van der Waals surface area contributed by atoms with Crippen LogP contribution in [0.5, 0.6) is 0 Å². The van der Waals surface area contributed by atoms with Crippen LogP contribution in [0.1, 0.15) is 32.8 Å². The fourth-order valence-corrected chi connectivity index (χ4v) is 1.33. The van der Waals surface area contributed by atoms with E-state index in [9.17, 15) is 4.79 Å². The Morgan fingerprint density at radius 1 is 1.41 bits per heavy atom. The monoisotopic (exact) mass is 235 g/mol. The average Bonchev–Trinajstić information content (AvgIpc) is 2.28. The largest absolute Gasteiger partial charge is 0.333 e. The Bertz CT molecular complexity index is 388. The molecule has 0 aromatic heterocycles. The van der Waals surface area contributed by atoms with Crippen LogP contribution in [0.3, 0.4) is 0 Å². The molecule has 0 bridgehead atoms. The van der Waals surface area contributed by atoms with Crippen LogP contribution in [0, 0.1) is 0 Å². The fourth-order valence-electron chi connectivity index (χ4n) is 1.33. The molecule has 0 heterocycles. The molecule has 1 aromatic rings. The first-order valence-corrected chi connectivity index (χ1v) is 5.85. The van der Waals surface area contributed by atoms with Gasteiger partial charge in [0.15, 0.2) is 0 Å². The van der Waals surface area contributed by atoms with Crippen molar-refractivity contribution in [2.24, 2.45) is 5.73 Å². The number of nitrogens with one attached hydrogen (secondary N) is 2. The SMILES string of the molecule is CCC(C)(C)NC(=O)Nc1cccc(CN)c1. The van der Waals surface area contributed by atoms with E-state index in [2.05, 4.69) is 10.6 Å². The van der Waals surface area contributed by atoms with Gasteiger partial charge >= 0.3 is 6.03 Å². The number of amides is 2. The van der Waals surface area contributed by atoms with Crippen LogP contribution in [0.25, 0.3) is 0 Å². The Labute approximate surface area is 103 Å². The van der Waals surface area contributed by atoms with Crippen molar-refractivity contribution in [2.45, 2.75) is 39.3 Å². The minimum atomic E-state index is -0.199. The number of hydrogen-bond donors (Lipinski definition) is 3. The van der Waals surface area contributed by atoms with Gasteiger partial charge in [0.1, 0.15) is 0 Å². The first-order valence-electron chi connectivity index (χ1n) is 5.85. The normalized spacial score (nSPS) is 11.1. The van der Waals surface area contributed by atoms with Crippen molar-refractivity contribution in [3.8, 4) is 0 Å². The topological polar surface area (TPSA) is 67.2 Å². The highest BCUT2D eigenvalue weighted by Gasteiger charge is 2.17. The third-order valence-electron chi connectivity index (χ3n) is 2.76. The number of benzene rings is 1. The lowest BCUT2D eigenvalue weighted by Crippen LogP contribution is -2.45. The number of hydrogen-bond acceptors (Lipinski definition) is 2. The van der Waals surface area contributed by atoms with E-state index in [0.29, 0.717) is 6.54 Å². The number of nitrogens with two attached hydrogens (primary N) is 1. The lowest BCUT2D eigenvalue weighted by Gasteiger charge is -2.24. The molecule has 0 aliphatic carbocycles. The van der Waals surface area contributed by atoms with Crippen LogP contribution in [-0.2, 0) is 6.54 Å². The van der Waals surface area contributed by atoms with Gasteiger partial charge in [0, 0.05) is 17.8 Å². The second-order valence-corrected chi connectivity index (χ2v) is 4.72. The lowest BCUT2D eigenvalue weighted by atomic mass is 10.0. The van der Waals surface area contributed by atoms with Crippen LogP contribution in [0.2, 0.25) is 0 Å². The molecule has 0 atom stereocenters. The molecule has 0 saturated carbocycles. The molecule has 0 aliphatic heterocycles. The molecule has 4 nitrogen and oxygen atoms in total. The van der Waals surface area contributed by atoms with E-state index in [1.54, 1.807) is 0 Å². The molecule has 0 saturated heterocycles. The van der Waals surface area contributed by atoms with Crippen LogP contribution in [0.4, 0.5) is 10.5 Å². The molecule has 0 unspecified atom stereocenters. The lowest BCUT2D eigenvalue weighted by molar-refractivity contribution is 0.240. The second-order valence-electron chi connectivity index (χ2n) is 4.72. The molecule has 4 N–H and O–H groups in total. The summed E-state index contributed by atoms with van der Waals surface area (Å²) in [5.41, 5.74) is 7.10. The van der Waals surface area contributed by atoms with E-state index >= 15 is 0 Å². The van der Waals surface area contributed by atoms with Crippen molar-refractivity contribution in [1.29, 1.82) is 0 Å². The van der Waals surface area contributed by atoms with Gasteiger partial charge in [-0.15, -0.1) is 0 Å². The smallest absolute Gasteiger partial charge is 0.319 e. The van der Waals surface area contributed by atoms with E-state index < -0.39 is 0 Å². The molecule has 2 amide bonds. The Morgan fingerprint density at radius 3 is 2.71 bits per heavy atom. The minimum Gasteiger partial charge on any atom is -0.333 e. The zero-order valence-corrected chi connectivity index (χ0v) is 10.7. The molecule has 0 fully saturated rings. The first-order chi connectivity index (χ1) is 7.96. The van der Waals surface area contributed by atoms with Gasteiger partial charge < -0.3 is 16.4 Å². The zero-order valence-electron chi connectivity index (χ0n) is 10.7. The van der Waals surface area contributed by atoms with Crippen molar-refractivity contribution < 1.29 is 4.79 Å². The number of anilines is 1. The molecular formula is C13H21N3O. The maximum absolute atomic E-state index is 11.7. The molecule has 0 aliphatic rings. The first kappa shape index (κ1) is 13.5. The quantitative estimate of drug-likeness (QED) is 0.750. The Morgan fingerprint density at radius 2 is 2.12 bits per heavy atom. The molecule has 0 spiro atoms. The third-order valence-corrected chi connectivity index (χ3v) is 2.76. The van der Waals surface area contributed by atoms with Crippen molar-refractivity contribution >= 4 is 11.7 Å². The maximum Gasteiger partial charge on any atom is 0.319 e. The molecule has 4 heteroatoms. The van der Waals surface area contributed by atoms with E-state index in [-0.39, 0.29) is 11.6 Å². The second kappa shape index (κ2) is 5.68. The highest BCUT2D eigenvalue weighted by molar-refractivity contribution is 5.89. The van der Waals surface area contributed by atoms with Crippen LogP contribution in [-0.4, -0.2) is 11.6 Å². The van der Waals surface area contributed by atoms with Gasteiger partial charge in [0.2, 0.25) is 0 Å². The molecular weight excluding hydrogens is 214 g/mol. The van der Waals surface area contributed by atoms with Crippen LogP contribution < -0.4 is 16.4 Å². The van der Waals surface area contributed by atoms with Gasteiger partial charge in [0.25, 0.3) is 0 Å². The van der Waals surface area contributed by atoms with Crippen LogP contribution >= 0.6 is 0 Å². The van der Waals surface area contributed by atoms with E-state index in [1.165, 1.54) is 0 Å². The fraction of sp³-hybridized carbons (Fsp3) is 0.462. The van der Waals surface area contributed by atoms with Gasteiger partial charge in [-0.25, -0.2) is 4.79 Å². The predicted octanol–water partition coefficient (Wildman–Crippen LogP) is 2.46. The number of carbonyl (C=O) groups excluding carboxylic acids is 1. The molecule has 94 valence electrons. The summed E-state index contributed by atoms with van der Waals surface area (Å²) in [6.07, 6.45) is 0.878. The third kappa shape index (κ3) is 4.44. The van der Waals surface area contributed by atoms with Crippen LogP contribution in [0.15, 0.2) is 24.3 Å². The zero-order chi connectivity index (χ0) is 12.9. The van der Waals surface area contributed by atoms with Crippen molar-refractivity contribution in [3.05, 3.63) is 29.8 Å². The van der Waals surface area contributed by atoms with Crippen molar-refractivity contribution in [2.75, 3.05) is 5.32 Å². The summed E-state index contributed by atoms with van der Waals surface area (Å²) in [6, 6.07) is 7.34. The summed E-state index contributed by atoms with van der Waals surface area (Å²) in [7, 11) is 0. The van der Waals surface area contributed by atoms with Gasteiger partial charge in [-0.1, -0.05) is 19.1 Å². The molecule has 17 heavy (non-hydrogen) atoms. The van der Waals surface area contributed by atoms with Gasteiger partial charge in [-0.05, 0) is 38.0 Å². The summed E-state index contributed by atoms with van der Waals surface area (Å²) < 4.78 is 0. The van der Waals surface area contributed by atoms with Gasteiger partial charge in [-0.2, -0.15) is 0 Å². The highest BCUT2D eigenvalue weighted by Crippen LogP contribution is 2.11. The maximum atomic E-state index is 11.7. The highest BCUT2D eigenvalue weighted by atomic mass is 16.2. The van der Waals surface area contributed by atoms with E-state index in [0.717, 1.165) is 17.7 Å². The summed E-state index contributed by atoms with van der Waals surface area (Å²) in [6.45, 7) is 6.48. The van der Waals surface area contributed by atoms with Gasteiger partial charge in [-0.3, -0.25) is 0 Å². The molecule has 1 rings (SSSR count).